The first-order chi connectivity index (χ1) is 14.6. The molecular formula is C20H23Cl2N5O3. The van der Waals surface area contributed by atoms with E-state index in [-0.39, 0.29) is 12.5 Å². The summed E-state index contributed by atoms with van der Waals surface area (Å²) in [6, 6.07) is 6.84. The minimum Gasteiger partial charge on any atom is -0.482 e. The zero-order chi connectivity index (χ0) is 20.9. The fraction of sp³-hybridized carbons (Fsp3) is 0.450. The number of benzene rings is 1. The van der Waals surface area contributed by atoms with E-state index in [2.05, 4.69) is 14.8 Å². The van der Waals surface area contributed by atoms with Gasteiger partial charge in [-0.25, -0.2) is 4.98 Å². The number of carbonyl (C=O) groups excluding carboxylic acids is 1. The third-order valence-electron chi connectivity index (χ3n) is 5.12. The fourth-order valence-electron chi connectivity index (χ4n) is 3.44. The van der Waals surface area contributed by atoms with Crippen molar-refractivity contribution in [2.45, 2.75) is 0 Å². The Kier molecular flexibility index (Phi) is 6.76. The lowest BCUT2D eigenvalue weighted by molar-refractivity contribution is -0.133. The number of ether oxygens (including phenoxy) is 2. The van der Waals surface area contributed by atoms with E-state index >= 15 is 0 Å². The molecule has 4 rings (SSSR count). The summed E-state index contributed by atoms with van der Waals surface area (Å²) in [5.41, 5.74) is 0. The van der Waals surface area contributed by atoms with Gasteiger partial charge in [0.15, 0.2) is 6.61 Å². The van der Waals surface area contributed by atoms with E-state index < -0.39 is 0 Å². The van der Waals surface area contributed by atoms with Crippen molar-refractivity contribution < 1.29 is 14.3 Å². The van der Waals surface area contributed by atoms with Crippen LogP contribution in [-0.4, -0.2) is 79.9 Å². The van der Waals surface area contributed by atoms with Crippen LogP contribution in [0.5, 0.6) is 5.75 Å². The Hall–Kier alpha value is -2.29. The monoisotopic (exact) mass is 451 g/mol. The molecule has 30 heavy (non-hydrogen) atoms. The van der Waals surface area contributed by atoms with E-state index in [4.69, 9.17) is 37.7 Å². The van der Waals surface area contributed by atoms with Crippen molar-refractivity contribution in [1.82, 2.24) is 14.9 Å². The highest BCUT2D eigenvalue weighted by atomic mass is 35.5. The fourth-order valence-corrected chi connectivity index (χ4v) is 3.90. The molecular weight excluding hydrogens is 429 g/mol. The molecule has 0 N–H and O–H groups in total. The van der Waals surface area contributed by atoms with Gasteiger partial charge in [-0.3, -0.25) is 4.79 Å². The minimum atomic E-state index is -0.0719. The molecule has 2 saturated heterocycles. The highest BCUT2D eigenvalue weighted by molar-refractivity contribution is 6.35. The highest BCUT2D eigenvalue weighted by Gasteiger charge is 2.23. The van der Waals surface area contributed by atoms with Crippen LogP contribution in [0, 0.1) is 0 Å². The quantitative estimate of drug-likeness (QED) is 0.690. The van der Waals surface area contributed by atoms with Crippen LogP contribution in [0.3, 0.4) is 0 Å². The maximum atomic E-state index is 12.5. The van der Waals surface area contributed by atoms with Crippen LogP contribution in [0.1, 0.15) is 0 Å². The van der Waals surface area contributed by atoms with Crippen LogP contribution >= 0.6 is 23.2 Å². The van der Waals surface area contributed by atoms with Gasteiger partial charge in [-0.2, -0.15) is 4.98 Å². The van der Waals surface area contributed by atoms with Gasteiger partial charge >= 0.3 is 0 Å². The standard InChI is InChI=1S/C20H23Cl2N5O3/c21-15-1-2-17(16(22)13-15)30-14-19(28)26-7-5-25(6-8-26)18-3-4-23-20(24-18)27-9-11-29-12-10-27/h1-4,13H,5-12,14H2. The molecule has 1 aromatic carbocycles. The van der Waals surface area contributed by atoms with Gasteiger partial charge in [0, 0.05) is 50.5 Å². The molecule has 1 amide bonds. The molecule has 2 aliphatic rings. The van der Waals surface area contributed by atoms with Gasteiger partial charge in [0.05, 0.1) is 18.2 Å². The first-order valence-corrected chi connectivity index (χ1v) is 10.6. The van der Waals surface area contributed by atoms with Crippen LogP contribution in [0.4, 0.5) is 11.8 Å². The zero-order valence-corrected chi connectivity index (χ0v) is 18.0. The predicted molar refractivity (Wildman–Crippen MR) is 116 cm³/mol. The highest BCUT2D eigenvalue weighted by Crippen LogP contribution is 2.27. The lowest BCUT2D eigenvalue weighted by Gasteiger charge is -2.35. The van der Waals surface area contributed by atoms with E-state index in [0.717, 1.165) is 24.9 Å². The Morgan fingerprint density at radius 3 is 2.53 bits per heavy atom. The molecule has 160 valence electrons. The van der Waals surface area contributed by atoms with Crippen molar-refractivity contribution in [3.63, 3.8) is 0 Å². The summed E-state index contributed by atoms with van der Waals surface area (Å²) in [7, 11) is 0. The van der Waals surface area contributed by atoms with Crippen molar-refractivity contribution >= 4 is 40.9 Å². The van der Waals surface area contributed by atoms with Crippen molar-refractivity contribution in [3.8, 4) is 5.75 Å². The average molecular weight is 452 g/mol. The van der Waals surface area contributed by atoms with Gasteiger partial charge in [0.2, 0.25) is 5.95 Å². The predicted octanol–water partition coefficient (Wildman–Crippen LogP) is 2.35. The Balaban J connectivity index is 1.29. The Labute approximate surface area is 185 Å². The summed E-state index contributed by atoms with van der Waals surface area (Å²) >= 11 is 12.0. The van der Waals surface area contributed by atoms with Crippen molar-refractivity contribution in [1.29, 1.82) is 0 Å². The molecule has 2 fully saturated rings. The smallest absolute Gasteiger partial charge is 0.260 e. The molecule has 2 aromatic rings. The number of nitrogens with zero attached hydrogens (tertiary/aromatic N) is 5. The van der Waals surface area contributed by atoms with E-state index in [1.807, 2.05) is 6.07 Å². The number of anilines is 2. The van der Waals surface area contributed by atoms with Crippen LogP contribution in [-0.2, 0) is 9.53 Å². The van der Waals surface area contributed by atoms with Crippen LogP contribution in [0.25, 0.3) is 0 Å². The molecule has 3 heterocycles. The number of halogens is 2. The molecule has 0 aliphatic carbocycles. The largest absolute Gasteiger partial charge is 0.482 e. The summed E-state index contributed by atoms with van der Waals surface area (Å²) in [4.78, 5) is 27.7. The van der Waals surface area contributed by atoms with Gasteiger partial charge < -0.3 is 24.2 Å². The van der Waals surface area contributed by atoms with Crippen molar-refractivity contribution in [3.05, 3.63) is 40.5 Å². The number of morpholine rings is 1. The normalized spacial score (nSPS) is 17.2. The second-order valence-corrected chi connectivity index (χ2v) is 7.89. The molecule has 0 saturated carbocycles. The zero-order valence-electron chi connectivity index (χ0n) is 16.5. The second-order valence-electron chi connectivity index (χ2n) is 7.05. The van der Waals surface area contributed by atoms with E-state index in [9.17, 15) is 4.79 Å². The van der Waals surface area contributed by atoms with Crippen molar-refractivity contribution in [2.24, 2.45) is 0 Å². The van der Waals surface area contributed by atoms with Gasteiger partial charge in [-0.05, 0) is 24.3 Å². The SMILES string of the molecule is O=C(COc1ccc(Cl)cc1Cl)N1CCN(c2ccnc(N3CCOCC3)n2)CC1. The number of hydrogen-bond acceptors (Lipinski definition) is 7. The van der Waals surface area contributed by atoms with E-state index in [1.54, 1.807) is 29.3 Å². The molecule has 8 nitrogen and oxygen atoms in total. The second kappa shape index (κ2) is 9.68. The Bertz CT molecular complexity index is 886. The maximum Gasteiger partial charge on any atom is 0.260 e. The first-order valence-electron chi connectivity index (χ1n) is 9.86. The first kappa shape index (κ1) is 21.0. The summed E-state index contributed by atoms with van der Waals surface area (Å²) in [6.07, 6.45) is 1.79. The van der Waals surface area contributed by atoms with Crippen molar-refractivity contribution in [2.75, 3.05) is 68.9 Å². The number of hydrogen-bond donors (Lipinski definition) is 0. The molecule has 0 spiro atoms. The number of amides is 1. The summed E-state index contributed by atoms with van der Waals surface area (Å²) in [5.74, 6) is 1.98. The van der Waals surface area contributed by atoms with Crippen LogP contribution in [0.2, 0.25) is 10.0 Å². The van der Waals surface area contributed by atoms with Gasteiger partial charge in [-0.15, -0.1) is 0 Å². The molecule has 0 atom stereocenters. The molecule has 1 aromatic heterocycles. The van der Waals surface area contributed by atoms with E-state index in [1.165, 1.54) is 0 Å². The number of rotatable bonds is 5. The Morgan fingerprint density at radius 1 is 1.03 bits per heavy atom. The minimum absolute atomic E-state index is 0.0595. The molecule has 0 radical (unpaired) electrons. The third-order valence-corrected chi connectivity index (χ3v) is 5.65. The lowest BCUT2D eigenvalue weighted by atomic mass is 10.3. The maximum absolute atomic E-state index is 12.5. The number of aromatic nitrogens is 2. The Morgan fingerprint density at radius 2 is 1.80 bits per heavy atom. The van der Waals surface area contributed by atoms with Gasteiger partial charge in [0.25, 0.3) is 5.91 Å². The third kappa shape index (κ3) is 5.06. The summed E-state index contributed by atoms with van der Waals surface area (Å²) in [5, 5.41) is 0.913. The lowest BCUT2D eigenvalue weighted by Crippen LogP contribution is -2.50. The number of piperazine rings is 1. The van der Waals surface area contributed by atoms with E-state index in [0.29, 0.717) is 55.2 Å². The van der Waals surface area contributed by atoms with Crippen LogP contribution < -0.4 is 14.5 Å². The number of carbonyl (C=O) groups is 1. The molecule has 2 aliphatic heterocycles. The molecule has 10 heteroatoms. The summed E-state index contributed by atoms with van der Waals surface area (Å²) < 4.78 is 11.0. The topological polar surface area (TPSA) is 71.0 Å². The summed E-state index contributed by atoms with van der Waals surface area (Å²) in [6.45, 7) is 5.53. The average Bonchev–Trinajstić information content (AvgIpc) is 2.79. The van der Waals surface area contributed by atoms with Gasteiger partial charge in [-0.1, -0.05) is 23.2 Å². The molecule has 0 bridgehead atoms. The molecule has 0 unspecified atom stereocenters. The van der Waals surface area contributed by atoms with Gasteiger partial charge in [0.1, 0.15) is 11.6 Å². The van der Waals surface area contributed by atoms with Crippen LogP contribution in [0.15, 0.2) is 30.5 Å².